The van der Waals surface area contributed by atoms with Crippen molar-refractivity contribution in [3.63, 3.8) is 0 Å². The Morgan fingerprint density at radius 2 is 2.00 bits per heavy atom. The van der Waals surface area contributed by atoms with Gasteiger partial charge in [0, 0.05) is 10.9 Å². The lowest BCUT2D eigenvalue weighted by atomic mass is 10.2. The van der Waals surface area contributed by atoms with Crippen LogP contribution in [0.1, 0.15) is 5.56 Å². The largest absolute Gasteiger partial charge is 0.488 e. The Kier molecular flexibility index (Phi) is 5.73. The summed E-state index contributed by atoms with van der Waals surface area (Å²) >= 11 is 1.52. The maximum atomic E-state index is 5.71. The molecular formula is C20H19N3O3S. The molecule has 3 aromatic rings. The minimum atomic E-state index is -0.285. The van der Waals surface area contributed by atoms with E-state index in [0.717, 1.165) is 27.7 Å². The molecule has 0 unspecified atom stereocenters. The van der Waals surface area contributed by atoms with Crippen LogP contribution in [0.2, 0.25) is 0 Å². The van der Waals surface area contributed by atoms with Gasteiger partial charge < -0.3 is 14.2 Å². The number of aromatic nitrogens is 1. The van der Waals surface area contributed by atoms with Crippen molar-refractivity contribution in [2.75, 3.05) is 25.2 Å². The highest BCUT2D eigenvalue weighted by Gasteiger charge is 2.16. The monoisotopic (exact) mass is 381 g/mol. The molecule has 27 heavy (non-hydrogen) atoms. The number of benzene rings is 2. The Bertz CT molecular complexity index is 892. The number of nitrogens with zero attached hydrogens (tertiary/aromatic N) is 2. The molecule has 1 aliphatic heterocycles. The second-order valence-corrected chi connectivity index (χ2v) is 6.69. The fourth-order valence-corrected chi connectivity index (χ4v) is 3.25. The van der Waals surface area contributed by atoms with Gasteiger partial charge in [-0.05, 0) is 17.7 Å². The SMILES string of the molecule is C(=NNc1nc(-c2ccccc2)cs1)c1cccc(OCC2OCCO2)c1. The first-order valence-electron chi connectivity index (χ1n) is 8.63. The fourth-order valence-electron chi connectivity index (χ4n) is 2.58. The van der Waals surface area contributed by atoms with E-state index in [1.807, 2.05) is 60.0 Å². The number of nitrogens with one attached hydrogen (secondary N) is 1. The predicted octanol–water partition coefficient (Wildman–Crippen LogP) is 4.01. The summed E-state index contributed by atoms with van der Waals surface area (Å²) in [5.41, 5.74) is 5.92. The summed E-state index contributed by atoms with van der Waals surface area (Å²) in [7, 11) is 0. The van der Waals surface area contributed by atoms with Crippen molar-refractivity contribution in [2.45, 2.75) is 6.29 Å². The molecule has 0 amide bonds. The predicted molar refractivity (Wildman–Crippen MR) is 106 cm³/mol. The highest BCUT2D eigenvalue weighted by molar-refractivity contribution is 7.14. The zero-order valence-corrected chi connectivity index (χ0v) is 15.4. The van der Waals surface area contributed by atoms with Crippen LogP contribution in [0.3, 0.4) is 0 Å². The van der Waals surface area contributed by atoms with E-state index in [-0.39, 0.29) is 6.29 Å². The number of anilines is 1. The van der Waals surface area contributed by atoms with Crippen LogP contribution in [0.5, 0.6) is 5.75 Å². The van der Waals surface area contributed by atoms with Gasteiger partial charge in [-0.2, -0.15) is 5.10 Å². The number of thiazole rings is 1. The zero-order valence-electron chi connectivity index (χ0n) is 14.6. The van der Waals surface area contributed by atoms with Gasteiger partial charge >= 0.3 is 0 Å². The molecule has 0 radical (unpaired) electrons. The van der Waals surface area contributed by atoms with Crippen molar-refractivity contribution >= 4 is 22.7 Å². The summed E-state index contributed by atoms with van der Waals surface area (Å²) in [6.45, 7) is 1.62. The highest BCUT2D eigenvalue weighted by Crippen LogP contribution is 2.24. The first-order chi connectivity index (χ1) is 13.4. The fraction of sp³-hybridized carbons (Fsp3) is 0.200. The first-order valence-corrected chi connectivity index (χ1v) is 9.51. The summed E-state index contributed by atoms with van der Waals surface area (Å²) in [4.78, 5) is 4.54. The third-order valence-electron chi connectivity index (χ3n) is 3.88. The van der Waals surface area contributed by atoms with Crippen LogP contribution in [0.25, 0.3) is 11.3 Å². The lowest BCUT2D eigenvalue weighted by Crippen LogP contribution is -2.18. The molecule has 0 atom stereocenters. The van der Waals surface area contributed by atoms with Crippen LogP contribution in [-0.2, 0) is 9.47 Å². The number of hydrazone groups is 1. The first kappa shape index (κ1) is 17.7. The summed E-state index contributed by atoms with van der Waals surface area (Å²) in [6, 6.07) is 17.8. The molecule has 0 spiro atoms. The van der Waals surface area contributed by atoms with Crippen LogP contribution >= 0.6 is 11.3 Å². The van der Waals surface area contributed by atoms with Gasteiger partial charge in [0.1, 0.15) is 12.4 Å². The van der Waals surface area contributed by atoms with Crippen LogP contribution in [0, 0.1) is 0 Å². The highest BCUT2D eigenvalue weighted by atomic mass is 32.1. The molecule has 0 bridgehead atoms. The lowest BCUT2D eigenvalue weighted by Gasteiger charge is -2.11. The molecular weight excluding hydrogens is 362 g/mol. The van der Waals surface area contributed by atoms with E-state index in [2.05, 4.69) is 15.5 Å². The lowest BCUT2D eigenvalue weighted by molar-refractivity contribution is -0.0684. The molecule has 0 aliphatic carbocycles. The van der Waals surface area contributed by atoms with E-state index in [1.54, 1.807) is 6.21 Å². The number of hydrogen-bond donors (Lipinski definition) is 1. The van der Waals surface area contributed by atoms with Crippen LogP contribution in [-0.4, -0.2) is 37.3 Å². The molecule has 0 saturated carbocycles. The molecule has 2 aromatic carbocycles. The number of rotatable bonds is 7. The minimum Gasteiger partial charge on any atom is -0.488 e. The van der Waals surface area contributed by atoms with Crippen molar-refractivity contribution in [3.05, 3.63) is 65.5 Å². The van der Waals surface area contributed by atoms with Crippen molar-refractivity contribution < 1.29 is 14.2 Å². The van der Waals surface area contributed by atoms with Gasteiger partial charge in [0.15, 0.2) is 6.29 Å². The smallest absolute Gasteiger partial charge is 0.203 e. The second kappa shape index (κ2) is 8.77. The van der Waals surface area contributed by atoms with Gasteiger partial charge in [0.05, 0.1) is 25.1 Å². The third kappa shape index (κ3) is 4.91. The third-order valence-corrected chi connectivity index (χ3v) is 4.63. The van der Waals surface area contributed by atoms with Gasteiger partial charge in [-0.25, -0.2) is 4.98 Å². The molecule has 1 saturated heterocycles. The van der Waals surface area contributed by atoms with Gasteiger partial charge in [-0.3, -0.25) is 5.43 Å². The quantitative estimate of drug-likeness (QED) is 0.495. The molecule has 2 heterocycles. The maximum Gasteiger partial charge on any atom is 0.203 e. The van der Waals surface area contributed by atoms with E-state index in [1.165, 1.54) is 11.3 Å². The second-order valence-electron chi connectivity index (χ2n) is 5.83. The Labute approximate surface area is 161 Å². The summed E-state index contributed by atoms with van der Waals surface area (Å²) in [5, 5.41) is 7.02. The Morgan fingerprint density at radius 3 is 2.85 bits per heavy atom. The molecule has 1 aromatic heterocycles. The normalized spacial score (nSPS) is 14.7. The van der Waals surface area contributed by atoms with Crippen molar-refractivity contribution in [2.24, 2.45) is 5.10 Å². The van der Waals surface area contributed by atoms with Crippen LogP contribution in [0.4, 0.5) is 5.13 Å². The Balaban J connectivity index is 1.33. The average molecular weight is 381 g/mol. The van der Waals surface area contributed by atoms with Crippen LogP contribution in [0.15, 0.2) is 65.1 Å². The molecule has 4 rings (SSSR count). The standard InChI is InChI=1S/C20H19N3O3S/c1-2-6-16(7-3-1)18-14-27-20(22-18)23-21-12-15-5-4-8-17(11-15)26-13-19-24-9-10-25-19/h1-8,11-12,14,19H,9-10,13H2,(H,22,23). The van der Waals surface area contributed by atoms with Gasteiger partial charge in [-0.15, -0.1) is 11.3 Å². The van der Waals surface area contributed by atoms with E-state index < -0.39 is 0 Å². The van der Waals surface area contributed by atoms with Crippen molar-refractivity contribution in [1.29, 1.82) is 0 Å². The molecule has 6 nitrogen and oxygen atoms in total. The maximum absolute atomic E-state index is 5.71. The minimum absolute atomic E-state index is 0.285. The number of ether oxygens (including phenoxy) is 3. The topological polar surface area (TPSA) is 65.0 Å². The van der Waals surface area contributed by atoms with E-state index in [9.17, 15) is 0 Å². The summed E-state index contributed by atoms with van der Waals surface area (Å²) < 4.78 is 16.4. The molecule has 1 fully saturated rings. The molecule has 138 valence electrons. The van der Waals surface area contributed by atoms with Crippen molar-refractivity contribution in [3.8, 4) is 17.0 Å². The Morgan fingerprint density at radius 1 is 1.15 bits per heavy atom. The molecule has 1 aliphatic rings. The summed E-state index contributed by atoms with van der Waals surface area (Å²) in [5.74, 6) is 0.749. The van der Waals surface area contributed by atoms with Crippen LogP contribution < -0.4 is 10.2 Å². The van der Waals surface area contributed by atoms with Gasteiger partial charge in [0.25, 0.3) is 0 Å². The van der Waals surface area contributed by atoms with E-state index >= 15 is 0 Å². The Hall–Kier alpha value is -2.74. The van der Waals surface area contributed by atoms with Gasteiger partial charge in [0.2, 0.25) is 5.13 Å². The van der Waals surface area contributed by atoms with E-state index in [4.69, 9.17) is 14.2 Å². The average Bonchev–Trinajstić information content (AvgIpc) is 3.40. The van der Waals surface area contributed by atoms with E-state index in [0.29, 0.717) is 19.8 Å². The molecule has 7 heteroatoms. The molecule has 1 N–H and O–H groups in total. The number of hydrogen-bond acceptors (Lipinski definition) is 7. The van der Waals surface area contributed by atoms with Gasteiger partial charge in [-0.1, -0.05) is 42.5 Å². The summed E-state index contributed by atoms with van der Waals surface area (Å²) in [6.07, 6.45) is 1.45. The zero-order chi connectivity index (χ0) is 18.3. The van der Waals surface area contributed by atoms with Crippen molar-refractivity contribution in [1.82, 2.24) is 4.98 Å².